The minimum Gasteiger partial charge on any atom is -0.361 e. The summed E-state index contributed by atoms with van der Waals surface area (Å²) in [7, 11) is 4.24. The predicted molar refractivity (Wildman–Crippen MR) is 173 cm³/mol. The van der Waals surface area contributed by atoms with Crippen LogP contribution in [0.2, 0.25) is 0 Å². The molecule has 0 amide bonds. The molecule has 0 spiro atoms. The van der Waals surface area contributed by atoms with E-state index in [-0.39, 0.29) is 0 Å². The Bertz CT molecular complexity index is 2250. The van der Waals surface area contributed by atoms with Gasteiger partial charge < -0.3 is 18.9 Å². The molecule has 0 N–H and O–H groups in total. The number of hydrogen-bond donors (Lipinski definition) is 0. The fraction of sp³-hybridized carbons (Fsp3) is 0.108. The van der Waals surface area contributed by atoms with Gasteiger partial charge >= 0.3 is 0 Å². The van der Waals surface area contributed by atoms with Crippen LogP contribution in [-0.4, -0.2) is 32.7 Å². The number of nitrogens with zero attached hydrogens (tertiary/aromatic N) is 5. The molecule has 0 radical (unpaired) electrons. The average Bonchev–Trinajstić information content (AvgIpc) is 3.78. The van der Waals surface area contributed by atoms with Gasteiger partial charge in [-0.3, -0.25) is 0 Å². The highest BCUT2D eigenvalue weighted by atomic mass is 15.3. The molecule has 1 aliphatic heterocycles. The number of benzene rings is 5. The highest BCUT2D eigenvalue weighted by Crippen LogP contribution is 2.42. The number of rotatable bonds is 3. The van der Waals surface area contributed by atoms with E-state index in [1.54, 1.807) is 0 Å². The molecule has 3 heterocycles. The maximum atomic E-state index is 5.32. The standard InChI is InChI=1S/C37H29N5/c1-39-18-19-41(23-39)27-9-7-10-28(22-27)42-32-13-6-5-12-30(32)31-16-14-26(21-34(31)42)37-38-36-33(40(37)2)17-15-25-20-24-8-3-4-11-29(24)35(25)36/h3-19,21-22H,20,23H2,1-2H3. The van der Waals surface area contributed by atoms with Crippen LogP contribution in [0.25, 0.3) is 61.0 Å². The zero-order valence-electron chi connectivity index (χ0n) is 23.6. The number of fused-ring (bicyclic) bond motifs is 8. The third kappa shape index (κ3) is 3.28. The van der Waals surface area contributed by atoms with Crippen molar-refractivity contribution in [2.75, 3.05) is 18.6 Å². The van der Waals surface area contributed by atoms with Gasteiger partial charge in [0.15, 0.2) is 0 Å². The molecule has 0 unspecified atom stereocenters. The smallest absolute Gasteiger partial charge is 0.140 e. The molecule has 0 saturated carbocycles. The molecule has 0 fully saturated rings. The van der Waals surface area contributed by atoms with Gasteiger partial charge in [0.05, 0.1) is 28.7 Å². The van der Waals surface area contributed by atoms with E-state index in [4.69, 9.17) is 4.98 Å². The molecule has 2 aromatic heterocycles. The van der Waals surface area contributed by atoms with E-state index in [0.29, 0.717) is 0 Å². The summed E-state index contributed by atoms with van der Waals surface area (Å²) < 4.78 is 4.65. The Labute approximate surface area is 244 Å². The quantitative estimate of drug-likeness (QED) is 0.226. The minimum atomic E-state index is 0.849. The summed E-state index contributed by atoms with van der Waals surface area (Å²) in [6.07, 6.45) is 5.23. The van der Waals surface area contributed by atoms with Crippen LogP contribution in [0.3, 0.4) is 0 Å². The summed E-state index contributed by atoms with van der Waals surface area (Å²) in [5.74, 6) is 0.987. The van der Waals surface area contributed by atoms with Gasteiger partial charge in [0.1, 0.15) is 5.82 Å². The Kier molecular flexibility index (Phi) is 4.80. The van der Waals surface area contributed by atoms with Crippen molar-refractivity contribution in [2.45, 2.75) is 6.42 Å². The molecule has 5 aromatic carbocycles. The first kappa shape index (κ1) is 23.4. The van der Waals surface area contributed by atoms with E-state index in [0.717, 1.165) is 41.2 Å². The second-order valence-corrected chi connectivity index (χ2v) is 11.6. The van der Waals surface area contributed by atoms with Crippen molar-refractivity contribution in [3.8, 4) is 28.2 Å². The summed E-state index contributed by atoms with van der Waals surface area (Å²) in [4.78, 5) is 9.79. The fourth-order valence-corrected chi connectivity index (χ4v) is 7.03. The molecule has 0 atom stereocenters. The lowest BCUT2D eigenvalue weighted by molar-refractivity contribution is 0.496. The zero-order valence-corrected chi connectivity index (χ0v) is 23.6. The Hall–Kier alpha value is -5.29. The Morgan fingerprint density at radius 3 is 2.38 bits per heavy atom. The summed E-state index contributed by atoms with van der Waals surface area (Å²) in [5.41, 5.74) is 13.4. The lowest BCUT2D eigenvalue weighted by atomic mass is 10.0. The Morgan fingerprint density at radius 2 is 1.48 bits per heavy atom. The maximum absolute atomic E-state index is 5.32. The van der Waals surface area contributed by atoms with Crippen LogP contribution in [0.4, 0.5) is 5.69 Å². The molecular weight excluding hydrogens is 514 g/mol. The Balaban J connectivity index is 1.25. The topological polar surface area (TPSA) is 29.2 Å². The van der Waals surface area contributed by atoms with Crippen LogP contribution >= 0.6 is 0 Å². The third-order valence-electron chi connectivity index (χ3n) is 9.04. The van der Waals surface area contributed by atoms with Crippen molar-refractivity contribution in [3.63, 3.8) is 0 Å². The van der Waals surface area contributed by atoms with Crippen molar-refractivity contribution < 1.29 is 0 Å². The SMILES string of the molecule is CN1C=CN(c2cccc(-n3c4ccccc4c4ccc(-c5nc6c7c(ccc6n5C)Cc5ccccc5-7)cc43)c2)C1. The summed E-state index contributed by atoms with van der Waals surface area (Å²) in [6, 6.07) is 37.6. The van der Waals surface area contributed by atoms with Crippen LogP contribution in [0.1, 0.15) is 11.1 Å². The van der Waals surface area contributed by atoms with Gasteiger partial charge in [-0.25, -0.2) is 4.98 Å². The van der Waals surface area contributed by atoms with Gasteiger partial charge in [-0.2, -0.15) is 0 Å². The maximum Gasteiger partial charge on any atom is 0.140 e. The van der Waals surface area contributed by atoms with Crippen LogP contribution in [-0.2, 0) is 13.5 Å². The number of imidazole rings is 1. The molecule has 7 aromatic rings. The first-order chi connectivity index (χ1) is 20.6. The molecule has 5 nitrogen and oxygen atoms in total. The molecular formula is C37H29N5. The van der Waals surface area contributed by atoms with Gasteiger partial charge in [-0.05, 0) is 59.5 Å². The van der Waals surface area contributed by atoms with Gasteiger partial charge in [-0.1, -0.05) is 66.7 Å². The van der Waals surface area contributed by atoms with Gasteiger partial charge in [0.25, 0.3) is 0 Å². The van der Waals surface area contributed by atoms with Crippen molar-refractivity contribution >= 4 is 38.5 Å². The molecule has 5 heteroatoms. The molecule has 202 valence electrons. The summed E-state index contributed by atoms with van der Waals surface area (Å²) in [6.45, 7) is 0.849. The molecule has 0 saturated heterocycles. The summed E-state index contributed by atoms with van der Waals surface area (Å²) >= 11 is 0. The van der Waals surface area contributed by atoms with E-state index in [1.165, 1.54) is 49.7 Å². The summed E-state index contributed by atoms with van der Waals surface area (Å²) in [5, 5.41) is 2.50. The fourth-order valence-electron chi connectivity index (χ4n) is 7.03. The lowest BCUT2D eigenvalue weighted by Crippen LogP contribution is -2.21. The third-order valence-corrected chi connectivity index (χ3v) is 9.04. The number of aromatic nitrogens is 3. The molecule has 2 aliphatic rings. The lowest BCUT2D eigenvalue weighted by Gasteiger charge is -2.19. The number of hydrogen-bond acceptors (Lipinski definition) is 3. The molecule has 9 rings (SSSR count). The van der Waals surface area contributed by atoms with Crippen molar-refractivity contribution in [2.24, 2.45) is 7.05 Å². The second kappa shape index (κ2) is 8.60. The van der Waals surface area contributed by atoms with Gasteiger partial charge in [0.2, 0.25) is 0 Å². The number of para-hydroxylation sites is 1. The Morgan fingerprint density at radius 1 is 0.643 bits per heavy atom. The van der Waals surface area contributed by atoms with Gasteiger partial charge in [0, 0.05) is 59.8 Å². The van der Waals surface area contributed by atoms with E-state index < -0.39 is 0 Å². The minimum absolute atomic E-state index is 0.849. The van der Waals surface area contributed by atoms with Crippen molar-refractivity contribution in [1.82, 2.24) is 19.0 Å². The van der Waals surface area contributed by atoms with E-state index in [1.807, 2.05) is 0 Å². The highest BCUT2D eigenvalue weighted by molar-refractivity contribution is 6.10. The number of aryl methyl sites for hydroxylation is 1. The van der Waals surface area contributed by atoms with Crippen LogP contribution in [0, 0.1) is 0 Å². The number of anilines is 1. The molecule has 1 aliphatic carbocycles. The van der Waals surface area contributed by atoms with E-state index in [9.17, 15) is 0 Å². The van der Waals surface area contributed by atoms with Crippen LogP contribution in [0.5, 0.6) is 0 Å². The van der Waals surface area contributed by atoms with Crippen LogP contribution in [0.15, 0.2) is 116 Å². The van der Waals surface area contributed by atoms with E-state index >= 15 is 0 Å². The average molecular weight is 544 g/mol. The van der Waals surface area contributed by atoms with E-state index in [2.05, 4.69) is 149 Å². The van der Waals surface area contributed by atoms with Gasteiger partial charge in [-0.15, -0.1) is 0 Å². The first-order valence-electron chi connectivity index (χ1n) is 14.5. The van der Waals surface area contributed by atoms with Crippen LogP contribution < -0.4 is 4.90 Å². The zero-order chi connectivity index (χ0) is 27.9. The highest BCUT2D eigenvalue weighted by Gasteiger charge is 2.24. The second-order valence-electron chi connectivity index (χ2n) is 11.6. The molecule has 0 bridgehead atoms. The predicted octanol–water partition coefficient (Wildman–Crippen LogP) is 8.09. The largest absolute Gasteiger partial charge is 0.361 e. The normalized spacial score (nSPS) is 14.0. The van der Waals surface area contributed by atoms with Crippen molar-refractivity contribution in [1.29, 1.82) is 0 Å². The molecule has 42 heavy (non-hydrogen) atoms. The first-order valence-corrected chi connectivity index (χ1v) is 14.5. The van der Waals surface area contributed by atoms with Crippen molar-refractivity contribution in [3.05, 3.63) is 127 Å². The monoisotopic (exact) mass is 543 g/mol.